The Morgan fingerprint density at radius 2 is 1.88 bits per heavy atom. The highest BCUT2D eigenvalue weighted by molar-refractivity contribution is 6.34. The van der Waals surface area contributed by atoms with Crippen LogP contribution in [0.1, 0.15) is 38.1 Å². The van der Waals surface area contributed by atoms with E-state index in [1.165, 1.54) is 26.2 Å². The van der Waals surface area contributed by atoms with E-state index < -0.39 is 29.0 Å². The van der Waals surface area contributed by atoms with E-state index in [0.29, 0.717) is 0 Å². The lowest BCUT2D eigenvalue weighted by Gasteiger charge is -2.32. The molecule has 26 heavy (non-hydrogen) atoms. The lowest BCUT2D eigenvalue weighted by atomic mass is 9.86. The number of para-hydroxylation sites is 1. The molecule has 1 N–H and O–H groups in total. The van der Waals surface area contributed by atoms with Gasteiger partial charge in [0.05, 0.1) is 5.56 Å². The molecule has 9 heteroatoms. The van der Waals surface area contributed by atoms with E-state index in [4.69, 9.17) is 14.3 Å². The highest BCUT2D eigenvalue weighted by atomic mass is 16.7. The fraction of sp³-hybridized carbons (Fsp3) is 0.412. The Morgan fingerprint density at radius 1 is 1.23 bits per heavy atom. The second kappa shape index (κ2) is 7.12. The number of nitrogens with one attached hydrogen (secondary N) is 1. The summed E-state index contributed by atoms with van der Waals surface area (Å²) in [4.78, 5) is 47.4. The summed E-state index contributed by atoms with van der Waals surface area (Å²) < 4.78 is 10.2. The van der Waals surface area contributed by atoms with Gasteiger partial charge in [-0.15, -0.1) is 0 Å². The van der Waals surface area contributed by atoms with Gasteiger partial charge in [0.1, 0.15) is 24.2 Å². The molecule has 0 radical (unpaired) electrons. The van der Waals surface area contributed by atoms with Crippen molar-refractivity contribution in [3.63, 3.8) is 0 Å². The Hall–Kier alpha value is -2.94. The van der Waals surface area contributed by atoms with E-state index in [0.717, 1.165) is 0 Å². The first-order chi connectivity index (χ1) is 12.1. The van der Waals surface area contributed by atoms with Crippen LogP contribution in [0.3, 0.4) is 0 Å². The molecule has 1 atom stereocenters. The molecule has 1 amide bonds. The predicted molar refractivity (Wildman–Crippen MR) is 89.7 cm³/mol. The number of fused-ring (bicyclic) bond motifs is 1. The molecule has 0 saturated carbocycles. The molecule has 2 rings (SSSR count). The summed E-state index contributed by atoms with van der Waals surface area (Å²) in [6.07, 6.45) is -0.985. The van der Waals surface area contributed by atoms with Gasteiger partial charge in [-0.2, -0.15) is 5.48 Å². The number of oxime groups is 1. The van der Waals surface area contributed by atoms with Crippen LogP contribution in [0.5, 0.6) is 5.75 Å². The zero-order chi connectivity index (χ0) is 19.5. The first-order valence-corrected chi connectivity index (χ1v) is 7.73. The van der Waals surface area contributed by atoms with E-state index in [1.807, 2.05) is 5.48 Å². The van der Waals surface area contributed by atoms with Crippen LogP contribution in [0.15, 0.2) is 29.4 Å². The molecule has 0 saturated heterocycles. The second-order valence-corrected chi connectivity index (χ2v) is 6.46. The first kappa shape index (κ1) is 19.4. The summed E-state index contributed by atoms with van der Waals surface area (Å²) in [5.41, 5.74) is -1.23. The molecule has 0 fully saturated rings. The van der Waals surface area contributed by atoms with Crippen molar-refractivity contribution in [2.24, 2.45) is 5.16 Å². The summed E-state index contributed by atoms with van der Waals surface area (Å²) in [6.45, 7) is 6.29. The number of amides is 1. The van der Waals surface area contributed by atoms with Crippen LogP contribution < -0.4 is 10.2 Å². The van der Waals surface area contributed by atoms with Crippen LogP contribution >= 0.6 is 0 Å². The molecular formula is C17H20N2O7. The number of ketones is 1. The number of hydrogen-bond donors (Lipinski definition) is 1. The summed E-state index contributed by atoms with van der Waals surface area (Å²) in [5, 5.41) is 3.62. The normalized spacial score (nSPS) is 20.1. The van der Waals surface area contributed by atoms with Crippen molar-refractivity contribution in [1.29, 1.82) is 0 Å². The molecule has 0 bridgehead atoms. The Labute approximate surface area is 150 Å². The maximum absolute atomic E-state index is 13.0. The molecule has 1 aliphatic heterocycles. The number of benzene rings is 1. The largest absolute Gasteiger partial charge is 0.442 e. The average Bonchev–Trinajstić information content (AvgIpc) is 2.53. The number of Topliss-reactive ketones (excluding diaryl/α,β-unsaturated/α-hetero) is 1. The van der Waals surface area contributed by atoms with Gasteiger partial charge >= 0.3 is 12.1 Å². The summed E-state index contributed by atoms with van der Waals surface area (Å²) in [7, 11) is 1.24. The van der Waals surface area contributed by atoms with Crippen molar-refractivity contribution in [3.8, 4) is 5.75 Å². The maximum Gasteiger partial charge on any atom is 0.431 e. The minimum atomic E-state index is -2.33. The molecule has 0 spiro atoms. The lowest BCUT2D eigenvalue weighted by molar-refractivity contribution is -0.155. The van der Waals surface area contributed by atoms with Crippen LogP contribution in [0.25, 0.3) is 0 Å². The van der Waals surface area contributed by atoms with Crippen LogP contribution in [0.2, 0.25) is 0 Å². The zero-order valence-electron chi connectivity index (χ0n) is 15.1. The SMILES string of the molecule is CON=C(C)C1(ONC(=O)OC(C)(C)C)C(=O)Oc2ccccc2C1=O. The molecule has 1 unspecified atom stereocenters. The van der Waals surface area contributed by atoms with E-state index in [2.05, 4.69) is 9.99 Å². The number of carbonyl (C=O) groups excluding carboxylic acids is 3. The number of hydrogen-bond acceptors (Lipinski definition) is 8. The van der Waals surface area contributed by atoms with Gasteiger partial charge in [0.2, 0.25) is 5.78 Å². The van der Waals surface area contributed by atoms with Gasteiger partial charge < -0.3 is 14.3 Å². The molecule has 0 aliphatic carbocycles. The molecule has 9 nitrogen and oxygen atoms in total. The van der Waals surface area contributed by atoms with Crippen molar-refractivity contribution in [1.82, 2.24) is 5.48 Å². The fourth-order valence-electron chi connectivity index (χ4n) is 2.29. The molecule has 1 aromatic rings. The van der Waals surface area contributed by atoms with Gasteiger partial charge in [-0.25, -0.2) is 14.4 Å². The standard InChI is InChI=1S/C17H20N2O7/c1-10(18-23-5)17(26-19-15(22)25-16(2,3)4)13(20)11-8-6-7-9-12(11)24-14(17)21/h6-9H,1-5H3,(H,19,22). The molecule has 1 aromatic carbocycles. The Balaban J connectivity index is 2.41. The molecule has 140 valence electrons. The number of hydroxylamine groups is 1. The third kappa shape index (κ3) is 3.67. The number of rotatable bonds is 4. The van der Waals surface area contributed by atoms with Gasteiger partial charge in [-0.05, 0) is 39.8 Å². The second-order valence-electron chi connectivity index (χ2n) is 6.46. The van der Waals surface area contributed by atoms with Gasteiger partial charge in [-0.3, -0.25) is 4.79 Å². The number of ether oxygens (including phenoxy) is 2. The number of nitrogens with zero attached hydrogens (tertiary/aromatic N) is 1. The van der Waals surface area contributed by atoms with E-state index >= 15 is 0 Å². The number of esters is 1. The van der Waals surface area contributed by atoms with Crippen LogP contribution in [0.4, 0.5) is 4.79 Å². The minimum absolute atomic E-state index is 0.0872. The smallest absolute Gasteiger partial charge is 0.431 e. The first-order valence-electron chi connectivity index (χ1n) is 7.73. The summed E-state index contributed by atoms with van der Waals surface area (Å²) in [6, 6.07) is 6.15. The monoisotopic (exact) mass is 364 g/mol. The van der Waals surface area contributed by atoms with Crippen LogP contribution in [-0.2, 0) is 19.2 Å². The predicted octanol–water partition coefficient (Wildman–Crippen LogP) is 2.01. The Kier molecular flexibility index (Phi) is 5.31. The van der Waals surface area contributed by atoms with Crippen molar-refractivity contribution in [2.75, 3.05) is 7.11 Å². The maximum atomic E-state index is 13.0. The fourth-order valence-corrected chi connectivity index (χ4v) is 2.29. The van der Waals surface area contributed by atoms with Crippen molar-refractivity contribution < 1.29 is 33.5 Å². The van der Waals surface area contributed by atoms with E-state index in [9.17, 15) is 14.4 Å². The molecule has 1 heterocycles. The third-order valence-corrected chi connectivity index (χ3v) is 3.37. The minimum Gasteiger partial charge on any atom is -0.442 e. The van der Waals surface area contributed by atoms with Gasteiger partial charge in [0.15, 0.2) is 0 Å². The van der Waals surface area contributed by atoms with Gasteiger partial charge in [0.25, 0.3) is 5.60 Å². The van der Waals surface area contributed by atoms with Crippen molar-refractivity contribution in [3.05, 3.63) is 29.8 Å². The topological polar surface area (TPSA) is 113 Å². The third-order valence-electron chi connectivity index (χ3n) is 3.37. The zero-order valence-corrected chi connectivity index (χ0v) is 15.1. The van der Waals surface area contributed by atoms with Gasteiger partial charge in [-0.1, -0.05) is 17.3 Å². The summed E-state index contributed by atoms with van der Waals surface area (Å²) in [5.74, 6) is -1.72. The van der Waals surface area contributed by atoms with Crippen LogP contribution in [-0.4, -0.2) is 41.9 Å². The Morgan fingerprint density at radius 3 is 2.50 bits per heavy atom. The Bertz CT molecular complexity index is 767. The van der Waals surface area contributed by atoms with Crippen molar-refractivity contribution >= 4 is 23.6 Å². The van der Waals surface area contributed by atoms with Crippen molar-refractivity contribution in [2.45, 2.75) is 38.9 Å². The highest BCUT2D eigenvalue weighted by Gasteiger charge is 2.57. The quantitative estimate of drug-likeness (QED) is 0.286. The van der Waals surface area contributed by atoms with Gasteiger partial charge in [0, 0.05) is 0 Å². The van der Waals surface area contributed by atoms with Crippen LogP contribution in [0, 0.1) is 0 Å². The van der Waals surface area contributed by atoms with E-state index in [1.54, 1.807) is 32.9 Å². The molecule has 1 aliphatic rings. The lowest BCUT2D eigenvalue weighted by Crippen LogP contribution is -2.61. The van der Waals surface area contributed by atoms with E-state index in [-0.39, 0.29) is 17.0 Å². The molecular weight excluding hydrogens is 344 g/mol. The number of carbonyl (C=O) groups is 3. The average molecular weight is 364 g/mol. The summed E-state index contributed by atoms with van der Waals surface area (Å²) >= 11 is 0. The highest BCUT2D eigenvalue weighted by Crippen LogP contribution is 2.33. The molecule has 0 aromatic heterocycles.